The standard InChI is InChI=1S/C14H19NO2/c1-3-14(17-11(2)16,12-7-6-8-12)13-9-4-5-10-15-13/h4-5,9-10,12H,3,6-8H2,1-2H3. The van der Waals surface area contributed by atoms with Crippen LogP contribution in [-0.2, 0) is 15.1 Å². The minimum Gasteiger partial charge on any atom is -0.452 e. The monoisotopic (exact) mass is 233 g/mol. The van der Waals surface area contributed by atoms with E-state index in [2.05, 4.69) is 11.9 Å². The molecule has 1 heterocycles. The number of hydrogen-bond acceptors (Lipinski definition) is 3. The van der Waals surface area contributed by atoms with E-state index in [0.717, 1.165) is 25.0 Å². The molecule has 1 unspecified atom stereocenters. The highest BCUT2D eigenvalue weighted by Crippen LogP contribution is 2.46. The number of pyridine rings is 1. The lowest BCUT2D eigenvalue weighted by atomic mass is 9.69. The van der Waals surface area contributed by atoms with E-state index < -0.39 is 5.60 Å². The van der Waals surface area contributed by atoms with Crippen LogP contribution in [0.25, 0.3) is 0 Å². The van der Waals surface area contributed by atoms with Crippen LogP contribution in [0.1, 0.15) is 45.2 Å². The third-order valence-electron chi connectivity index (χ3n) is 3.71. The highest BCUT2D eigenvalue weighted by molar-refractivity contribution is 5.66. The normalized spacial score (nSPS) is 19.2. The summed E-state index contributed by atoms with van der Waals surface area (Å²) in [6.45, 7) is 3.54. The first-order valence-electron chi connectivity index (χ1n) is 6.30. The van der Waals surface area contributed by atoms with Crippen LogP contribution in [-0.4, -0.2) is 11.0 Å². The molecule has 0 spiro atoms. The van der Waals surface area contributed by atoms with E-state index in [4.69, 9.17) is 4.74 Å². The van der Waals surface area contributed by atoms with Gasteiger partial charge in [-0.25, -0.2) is 0 Å². The summed E-state index contributed by atoms with van der Waals surface area (Å²) in [4.78, 5) is 15.8. The minimum atomic E-state index is -0.509. The van der Waals surface area contributed by atoms with Crippen LogP contribution in [0.15, 0.2) is 24.4 Å². The summed E-state index contributed by atoms with van der Waals surface area (Å²) in [5.41, 5.74) is 0.383. The second-order valence-electron chi connectivity index (χ2n) is 4.68. The largest absolute Gasteiger partial charge is 0.452 e. The second kappa shape index (κ2) is 4.86. The summed E-state index contributed by atoms with van der Waals surface area (Å²) in [7, 11) is 0. The molecule has 1 fully saturated rings. The molecule has 1 aliphatic rings. The van der Waals surface area contributed by atoms with Gasteiger partial charge in [-0.2, -0.15) is 0 Å². The molecule has 92 valence electrons. The number of esters is 1. The molecule has 17 heavy (non-hydrogen) atoms. The van der Waals surface area contributed by atoms with Crippen molar-refractivity contribution < 1.29 is 9.53 Å². The van der Waals surface area contributed by atoms with Gasteiger partial charge >= 0.3 is 5.97 Å². The van der Waals surface area contributed by atoms with Crippen molar-refractivity contribution in [1.29, 1.82) is 0 Å². The van der Waals surface area contributed by atoms with E-state index in [1.165, 1.54) is 13.3 Å². The van der Waals surface area contributed by atoms with Gasteiger partial charge in [-0.1, -0.05) is 19.4 Å². The van der Waals surface area contributed by atoms with Crippen molar-refractivity contribution in [2.24, 2.45) is 5.92 Å². The van der Waals surface area contributed by atoms with Crippen LogP contribution < -0.4 is 0 Å². The van der Waals surface area contributed by atoms with Crippen LogP contribution >= 0.6 is 0 Å². The molecule has 3 nitrogen and oxygen atoms in total. The van der Waals surface area contributed by atoms with Crippen molar-refractivity contribution >= 4 is 5.97 Å². The maximum absolute atomic E-state index is 11.4. The number of carbonyl (C=O) groups is 1. The number of carbonyl (C=O) groups excluding carboxylic acids is 1. The van der Waals surface area contributed by atoms with Crippen LogP contribution in [0.3, 0.4) is 0 Å². The fourth-order valence-electron chi connectivity index (χ4n) is 2.63. The van der Waals surface area contributed by atoms with Crippen molar-refractivity contribution in [3.63, 3.8) is 0 Å². The highest BCUT2D eigenvalue weighted by atomic mass is 16.6. The minimum absolute atomic E-state index is 0.218. The summed E-state index contributed by atoms with van der Waals surface area (Å²) in [5.74, 6) is 0.204. The number of nitrogens with zero attached hydrogens (tertiary/aromatic N) is 1. The summed E-state index contributed by atoms with van der Waals surface area (Å²) >= 11 is 0. The van der Waals surface area contributed by atoms with Gasteiger partial charge in [0.1, 0.15) is 0 Å². The SMILES string of the molecule is CCC(OC(C)=O)(c1ccccn1)C1CCC1. The van der Waals surface area contributed by atoms with Crippen molar-refractivity contribution in [3.05, 3.63) is 30.1 Å². The number of aromatic nitrogens is 1. The van der Waals surface area contributed by atoms with Crippen LogP contribution in [0.2, 0.25) is 0 Å². The smallest absolute Gasteiger partial charge is 0.303 e. The first-order chi connectivity index (χ1) is 8.19. The van der Waals surface area contributed by atoms with E-state index in [9.17, 15) is 4.79 Å². The first-order valence-corrected chi connectivity index (χ1v) is 6.30. The molecule has 1 aromatic heterocycles. The van der Waals surface area contributed by atoms with Crippen molar-refractivity contribution in [3.8, 4) is 0 Å². The molecular weight excluding hydrogens is 214 g/mol. The topological polar surface area (TPSA) is 39.2 Å². The first kappa shape index (κ1) is 12.1. The second-order valence-corrected chi connectivity index (χ2v) is 4.68. The zero-order chi connectivity index (χ0) is 12.3. The Balaban J connectivity index is 2.36. The Bertz CT molecular complexity index is 386. The van der Waals surface area contributed by atoms with Gasteiger partial charge in [-0.05, 0) is 31.4 Å². The molecule has 3 heteroatoms. The molecule has 2 rings (SSSR count). The third-order valence-corrected chi connectivity index (χ3v) is 3.71. The molecule has 0 aromatic carbocycles. The lowest BCUT2D eigenvalue weighted by Crippen LogP contribution is -2.43. The molecule has 0 radical (unpaired) electrons. The molecule has 0 aliphatic heterocycles. The van der Waals surface area contributed by atoms with E-state index in [1.807, 2.05) is 18.2 Å². The van der Waals surface area contributed by atoms with Gasteiger partial charge in [0, 0.05) is 19.0 Å². The number of ether oxygens (including phenoxy) is 1. The van der Waals surface area contributed by atoms with Crippen LogP contribution in [0.5, 0.6) is 0 Å². The highest BCUT2D eigenvalue weighted by Gasteiger charge is 2.45. The van der Waals surface area contributed by atoms with Gasteiger partial charge in [0.25, 0.3) is 0 Å². The molecule has 1 aliphatic carbocycles. The molecular formula is C14H19NO2. The Labute approximate surface area is 102 Å². The van der Waals surface area contributed by atoms with E-state index in [-0.39, 0.29) is 5.97 Å². The van der Waals surface area contributed by atoms with Gasteiger partial charge in [0.05, 0.1) is 5.69 Å². The summed E-state index contributed by atoms with van der Waals surface area (Å²) in [6, 6.07) is 5.80. The molecule has 1 aromatic rings. The van der Waals surface area contributed by atoms with Gasteiger partial charge in [-0.3, -0.25) is 9.78 Å². The Hall–Kier alpha value is -1.38. The molecule has 1 saturated carbocycles. The fraction of sp³-hybridized carbons (Fsp3) is 0.571. The Morgan fingerprint density at radius 2 is 2.29 bits per heavy atom. The van der Waals surface area contributed by atoms with Gasteiger partial charge in [0.15, 0.2) is 5.60 Å². The number of rotatable bonds is 4. The molecule has 0 amide bonds. The quantitative estimate of drug-likeness (QED) is 0.750. The summed E-state index contributed by atoms with van der Waals surface area (Å²) in [6.07, 6.45) is 6.02. The van der Waals surface area contributed by atoms with Crippen LogP contribution in [0, 0.1) is 5.92 Å². The van der Waals surface area contributed by atoms with Gasteiger partial charge in [0.2, 0.25) is 0 Å². The predicted molar refractivity (Wildman–Crippen MR) is 65.3 cm³/mol. The zero-order valence-electron chi connectivity index (χ0n) is 10.5. The Kier molecular flexibility index (Phi) is 3.46. The van der Waals surface area contributed by atoms with Crippen molar-refractivity contribution in [1.82, 2.24) is 4.98 Å². The van der Waals surface area contributed by atoms with Gasteiger partial charge < -0.3 is 4.74 Å². The van der Waals surface area contributed by atoms with Gasteiger partial charge in [-0.15, -0.1) is 0 Å². The summed E-state index contributed by atoms with van der Waals surface area (Å²) < 4.78 is 5.68. The van der Waals surface area contributed by atoms with E-state index in [0.29, 0.717) is 5.92 Å². The zero-order valence-corrected chi connectivity index (χ0v) is 10.5. The number of hydrogen-bond donors (Lipinski definition) is 0. The molecule has 1 atom stereocenters. The maximum atomic E-state index is 11.4. The molecule has 0 saturated heterocycles. The lowest BCUT2D eigenvalue weighted by molar-refractivity contribution is -0.172. The lowest BCUT2D eigenvalue weighted by Gasteiger charge is -2.43. The van der Waals surface area contributed by atoms with Crippen molar-refractivity contribution in [2.75, 3.05) is 0 Å². The van der Waals surface area contributed by atoms with E-state index >= 15 is 0 Å². The summed E-state index contributed by atoms with van der Waals surface area (Å²) in [5, 5.41) is 0. The maximum Gasteiger partial charge on any atom is 0.303 e. The Morgan fingerprint density at radius 3 is 2.71 bits per heavy atom. The average Bonchev–Trinajstić information content (AvgIpc) is 2.26. The molecule has 0 N–H and O–H groups in total. The average molecular weight is 233 g/mol. The Morgan fingerprint density at radius 1 is 1.53 bits per heavy atom. The molecule has 0 bridgehead atoms. The predicted octanol–water partition coefficient (Wildman–Crippen LogP) is 3.05. The van der Waals surface area contributed by atoms with Crippen LogP contribution in [0.4, 0.5) is 0 Å². The third kappa shape index (κ3) is 2.19. The fourth-order valence-corrected chi connectivity index (χ4v) is 2.63. The van der Waals surface area contributed by atoms with Crippen molar-refractivity contribution in [2.45, 2.75) is 45.1 Å². The van der Waals surface area contributed by atoms with E-state index in [1.54, 1.807) is 6.20 Å².